The topological polar surface area (TPSA) is 225 Å². The van der Waals surface area contributed by atoms with Gasteiger partial charge in [0.05, 0.1) is 72.3 Å². The number of rotatable bonds is 16. The molecule has 0 radical (unpaired) electrons. The van der Waals surface area contributed by atoms with E-state index in [9.17, 15) is 61.1 Å². The number of aryl methyl sites for hydroxylation is 4. The summed E-state index contributed by atoms with van der Waals surface area (Å²) in [6.45, 7) is 14.2. The van der Waals surface area contributed by atoms with Gasteiger partial charge in [0.25, 0.3) is 0 Å². The Morgan fingerprint density at radius 2 is 0.681 bits per heavy atom. The molecule has 116 heavy (non-hydrogen) atoms. The molecule has 0 aliphatic heterocycles. The molecular formula is C88H93Cl4F4IN4O11S4. The second kappa shape index (κ2) is 35.6. The van der Waals surface area contributed by atoms with E-state index in [-0.39, 0.29) is 74.0 Å². The van der Waals surface area contributed by atoms with Crippen molar-refractivity contribution >= 4 is 159 Å². The zero-order valence-electron chi connectivity index (χ0n) is 65.9. The molecule has 4 aromatic heterocycles. The minimum absolute atomic E-state index is 0. The van der Waals surface area contributed by atoms with Crippen molar-refractivity contribution in [3.8, 4) is 0 Å². The summed E-state index contributed by atoms with van der Waals surface area (Å²) < 4.78 is 162. The number of aromatic amines is 1. The van der Waals surface area contributed by atoms with E-state index in [0.29, 0.717) is 78.1 Å². The molecule has 0 amide bonds. The van der Waals surface area contributed by atoms with Gasteiger partial charge in [0.15, 0.2) is 39.3 Å². The number of aliphatic hydroxyl groups excluding tert-OH is 1. The Morgan fingerprint density at radius 1 is 0.414 bits per heavy atom. The van der Waals surface area contributed by atoms with Crippen molar-refractivity contribution in [1.82, 2.24) is 18.7 Å². The first-order valence-electron chi connectivity index (χ1n) is 38.3. The molecule has 0 bridgehead atoms. The first kappa shape index (κ1) is 89.5. The third-order valence-corrected chi connectivity index (χ3v) is 28.6. The largest absolute Gasteiger partial charge is 0.481 e. The Bertz CT molecular complexity index is 6050. The standard InChI is InChI=1S/C22H21ClFNO4S.2C22H23ClFNO2S.C14H16FNO2S.C8H9ClO.HI/c1-12(13-3-6-15(23)7-4-13)25-21-14(9-20(26)27)5-8-17(21)18-10-16(24)11-19(22(18)25)30(2,28)29;2*1-4-14-7-10-18-19-11-17(24)12-20(28(3,26)27)22(19)25(21(14)18)13(2)15-5-8-16(23)9-6-15;1-3-8-4-5-10-11-6-9(15)7-12(19(2,17)18)14(11)16-13(8)10;1-6(10)7-2-4-8(9)5-3-7;/h3-4,6-7,10-12,14H,5,8-9H2,1-2H3,(H,26,27);2*5-6,8-9,11-14H,4,7,10H2,1-3H3;6-8,16H,3-5H2,1-2H3;2-6,10H,1H3;1H/t12-,14+;13-,14?;13-,14+;;6-;/m000.1./s1. The highest BCUT2D eigenvalue weighted by Gasteiger charge is 2.39. The summed E-state index contributed by atoms with van der Waals surface area (Å²) in [5.41, 5.74) is 14.4. The van der Waals surface area contributed by atoms with Gasteiger partial charge in [-0.2, -0.15) is 0 Å². The van der Waals surface area contributed by atoms with Gasteiger partial charge in [-0.1, -0.05) is 116 Å². The number of nitrogens with one attached hydrogen (secondary N) is 1. The third-order valence-electron chi connectivity index (χ3n) is 23.1. The molecule has 618 valence electrons. The molecule has 8 aromatic carbocycles. The monoisotopic (exact) mass is 1850 g/mol. The van der Waals surface area contributed by atoms with E-state index in [0.717, 1.165) is 191 Å². The summed E-state index contributed by atoms with van der Waals surface area (Å²) in [7, 11) is -14.3. The molecule has 0 saturated carbocycles. The number of hydrogen-bond donors (Lipinski definition) is 3. The molecule has 12 aromatic rings. The minimum atomic E-state index is -3.72. The summed E-state index contributed by atoms with van der Waals surface area (Å²) in [5, 5.41) is 23.8. The molecule has 0 spiro atoms. The van der Waals surface area contributed by atoms with Crippen molar-refractivity contribution in [1.29, 1.82) is 0 Å². The molecule has 0 saturated heterocycles. The van der Waals surface area contributed by atoms with Crippen LogP contribution in [0.25, 0.3) is 43.6 Å². The van der Waals surface area contributed by atoms with Crippen LogP contribution in [0.4, 0.5) is 17.6 Å². The maximum Gasteiger partial charge on any atom is 0.304 e. The Balaban J connectivity index is 0.000000147. The van der Waals surface area contributed by atoms with E-state index in [4.69, 9.17) is 51.5 Å². The maximum absolute atomic E-state index is 14.4. The SMILES string of the molecule is CCC1CCc2c1[nH]c1c(S(C)(=O)=O)cc(F)cc21.CCC1CCc2c1n([C@@H](C)c1ccc(Cl)cc1)c1c(S(C)(=O)=O)cc(F)cc21.CC[C@@H]1CCc2c1n([C@@H](C)c1ccc(Cl)cc1)c1c(S(C)(=O)=O)cc(F)cc21.C[C@@H](O)c1ccc(Cl)cc1.C[C@@H](c1ccc(Cl)cc1)n1c2c(c3cc(F)cc(S(C)(=O)=O)c31)CC[C@@H]2CC(=O)O.I. The number of hydrogen-bond acceptors (Lipinski definition) is 10. The molecule has 3 N–H and O–H groups in total. The van der Waals surface area contributed by atoms with Crippen molar-refractivity contribution in [3.05, 3.63) is 256 Å². The van der Waals surface area contributed by atoms with Gasteiger partial charge in [-0.3, -0.25) is 4.79 Å². The van der Waals surface area contributed by atoms with Crippen LogP contribution in [-0.2, 0) is 69.8 Å². The summed E-state index contributed by atoms with van der Waals surface area (Å²) >= 11 is 23.8. The zero-order chi connectivity index (χ0) is 83.6. The fraction of sp³-hybridized carbons (Fsp3) is 0.352. The fourth-order valence-corrected chi connectivity index (χ4v) is 21.6. The fourth-order valence-electron chi connectivity index (χ4n) is 17.6. The van der Waals surface area contributed by atoms with Crippen LogP contribution in [0.15, 0.2) is 165 Å². The van der Waals surface area contributed by atoms with Crippen LogP contribution in [0.2, 0.25) is 20.1 Å². The van der Waals surface area contributed by atoms with Gasteiger partial charge in [-0.05, 0) is 258 Å². The van der Waals surface area contributed by atoms with Crippen LogP contribution in [0, 0.1) is 23.3 Å². The van der Waals surface area contributed by atoms with Crippen molar-refractivity contribution in [3.63, 3.8) is 0 Å². The van der Waals surface area contributed by atoms with E-state index in [2.05, 4.69) is 48.7 Å². The van der Waals surface area contributed by atoms with Crippen LogP contribution in [0.3, 0.4) is 0 Å². The van der Waals surface area contributed by atoms with Gasteiger partial charge in [-0.25, -0.2) is 51.2 Å². The highest BCUT2D eigenvalue weighted by Crippen LogP contribution is 2.51. The zero-order valence-corrected chi connectivity index (χ0v) is 74.6. The number of halogens is 9. The van der Waals surface area contributed by atoms with E-state index in [1.54, 1.807) is 31.2 Å². The van der Waals surface area contributed by atoms with Crippen molar-refractivity contribution in [2.45, 2.75) is 193 Å². The lowest BCUT2D eigenvalue weighted by molar-refractivity contribution is -0.137. The van der Waals surface area contributed by atoms with Gasteiger partial charge < -0.3 is 28.9 Å². The first-order valence-corrected chi connectivity index (χ1v) is 47.4. The second-order valence-electron chi connectivity index (χ2n) is 30.7. The average molecular weight is 1860 g/mol. The number of carboxylic acids is 1. The van der Waals surface area contributed by atoms with Crippen LogP contribution < -0.4 is 0 Å². The Hall–Kier alpha value is -7.24. The van der Waals surface area contributed by atoms with E-state index in [1.807, 2.05) is 84.3 Å². The van der Waals surface area contributed by atoms with Crippen molar-refractivity contribution in [2.75, 3.05) is 25.0 Å². The van der Waals surface area contributed by atoms with Gasteiger partial charge in [-0.15, -0.1) is 24.0 Å². The summed E-state index contributed by atoms with van der Waals surface area (Å²) in [6.07, 6.45) is 13.8. The van der Waals surface area contributed by atoms with Crippen LogP contribution >= 0.6 is 70.4 Å². The molecule has 8 atom stereocenters. The van der Waals surface area contributed by atoms with Gasteiger partial charge in [0, 0.05) is 95.4 Å². The number of carbonyl (C=O) groups is 1. The highest BCUT2D eigenvalue weighted by atomic mass is 127. The van der Waals surface area contributed by atoms with Gasteiger partial charge in [0.2, 0.25) is 0 Å². The highest BCUT2D eigenvalue weighted by molar-refractivity contribution is 14.0. The average Bonchev–Trinajstić information content (AvgIpc) is 1.58. The van der Waals surface area contributed by atoms with Gasteiger partial charge in [0.1, 0.15) is 23.3 Å². The lowest BCUT2D eigenvalue weighted by Gasteiger charge is -2.23. The van der Waals surface area contributed by atoms with E-state index in [1.165, 1.54) is 24.3 Å². The number of fused-ring (bicyclic) bond motifs is 12. The predicted octanol–water partition coefficient (Wildman–Crippen LogP) is 22.9. The third kappa shape index (κ3) is 18.4. The first-order chi connectivity index (χ1) is 54.1. The number of aliphatic hydroxyl groups is 1. The van der Waals surface area contributed by atoms with E-state index >= 15 is 0 Å². The van der Waals surface area contributed by atoms with Crippen molar-refractivity contribution in [2.24, 2.45) is 0 Å². The molecule has 4 heterocycles. The predicted molar refractivity (Wildman–Crippen MR) is 467 cm³/mol. The molecule has 16 rings (SSSR count). The Labute approximate surface area is 712 Å². The number of aliphatic carboxylic acids is 1. The van der Waals surface area contributed by atoms with Gasteiger partial charge >= 0.3 is 5.97 Å². The van der Waals surface area contributed by atoms with Crippen LogP contribution in [0.1, 0.15) is 215 Å². The molecule has 4 aliphatic carbocycles. The van der Waals surface area contributed by atoms with Crippen molar-refractivity contribution < 1.29 is 66.2 Å². The number of carboxylic acid groups (broad SMARTS) is 1. The smallest absolute Gasteiger partial charge is 0.304 e. The summed E-state index contributed by atoms with van der Waals surface area (Å²) in [4.78, 5) is 14.8. The quantitative estimate of drug-likeness (QED) is 0.0609. The number of sulfone groups is 4. The Morgan fingerprint density at radius 3 is 0.974 bits per heavy atom. The molecule has 28 heteroatoms. The number of aromatic nitrogens is 4. The lowest BCUT2D eigenvalue weighted by Crippen LogP contribution is -2.15. The molecule has 4 aliphatic rings. The van der Waals surface area contributed by atoms with E-state index < -0.39 is 74.7 Å². The summed E-state index contributed by atoms with van der Waals surface area (Å²) in [5.74, 6) is -2.20. The molecule has 2 unspecified atom stereocenters. The molecular weight excluding hydrogens is 1760 g/mol. The minimum Gasteiger partial charge on any atom is -0.481 e. The normalized spacial score (nSPS) is 17.3. The summed E-state index contributed by atoms with van der Waals surface area (Å²) in [6, 6.07) is 39.3. The number of H-pyrrole nitrogens is 1. The lowest BCUT2D eigenvalue weighted by atomic mass is 10.0. The maximum atomic E-state index is 14.4. The number of benzene rings is 8. The Kier molecular flexibility index (Phi) is 27.5. The van der Waals surface area contributed by atoms with Crippen LogP contribution in [-0.4, -0.2) is 93.6 Å². The number of nitrogens with zero attached hydrogens (tertiary/aromatic N) is 3. The second-order valence-corrected chi connectivity index (χ2v) is 40.4. The molecule has 0 fully saturated rings. The molecule has 15 nitrogen and oxygen atoms in total. The van der Waals surface area contributed by atoms with Crippen LogP contribution in [0.5, 0.6) is 0 Å².